The minimum Gasteiger partial charge on any atom is -0.444 e. The lowest BCUT2D eigenvalue weighted by Crippen LogP contribution is -2.47. The smallest absolute Gasteiger partial charge is 0.407 e. The molecular formula is C27H51N3O8. The van der Waals surface area contributed by atoms with E-state index in [-0.39, 0.29) is 6.09 Å². The molecule has 0 atom stereocenters. The lowest BCUT2D eigenvalue weighted by Gasteiger charge is -2.34. The van der Waals surface area contributed by atoms with Crippen LogP contribution in [0.2, 0.25) is 0 Å². The lowest BCUT2D eigenvalue weighted by molar-refractivity contribution is -0.0168. The van der Waals surface area contributed by atoms with E-state index in [1.54, 1.807) is 0 Å². The van der Waals surface area contributed by atoms with E-state index in [1.165, 1.54) is 0 Å². The van der Waals surface area contributed by atoms with Gasteiger partial charge in [-0.15, -0.1) is 6.42 Å². The van der Waals surface area contributed by atoms with Crippen LogP contribution in [0.25, 0.3) is 0 Å². The molecule has 0 aromatic heterocycles. The number of terminal acetylenes is 1. The summed E-state index contributed by atoms with van der Waals surface area (Å²) in [6.45, 7) is 18.7. The van der Waals surface area contributed by atoms with Crippen molar-refractivity contribution in [2.75, 3.05) is 125 Å². The third-order valence-electron chi connectivity index (χ3n) is 5.38. The van der Waals surface area contributed by atoms with E-state index in [9.17, 15) is 4.79 Å². The molecule has 1 heterocycles. The van der Waals surface area contributed by atoms with Crippen LogP contribution in [0.5, 0.6) is 0 Å². The highest BCUT2D eigenvalue weighted by molar-refractivity contribution is 5.67. The van der Waals surface area contributed by atoms with Crippen LogP contribution >= 0.6 is 0 Å². The van der Waals surface area contributed by atoms with Gasteiger partial charge in [-0.05, 0) is 33.7 Å². The van der Waals surface area contributed by atoms with Crippen molar-refractivity contribution < 1.29 is 38.0 Å². The van der Waals surface area contributed by atoms with E-state index >= 15 is 0 Å². The summed E-state index contributed by atoms with van der Waals surface area (Å²) >= 11 is 0. The van der Waals surface area contributed by atoms with Crippen molar-refractivity contribution in [2.45, 2.75) is 32.8 Å². The summed E-state index contributed by atoms with van der Waals surface area (Å²) < 4.78 is 37.8. The standard InChI is InChI=1S/C27H51N3O8/c1-5-14-32-16-18-34-20-22-36-24-25-37-23-21-35-19-17-33-15-13-30-11-9-29(10-12-30)8-6-7-28-26(31)38-27(2,3)4/h1H,6-25H2,2-4H3,(H,28,31). The molecule has 0 radical (unpaired) electrons. The summed E-state index contributed by atoms with van der Waals surface area (Å²) in [7, 11) is 0. The summed E-state index contributed by atoms with van der Waals surface area (Å²) in [6.07, 6.45) is 5.65. The Balaban J connectivity index is 1.78. The van der Waals surface area contributed by atoms with Gasteiger partial charge in [0.2, 0.25) is 0 Å². The first-order valence-electron chi connectivity index (χ1n) is 13.7. The Kier molecular flexibility index (Phi) is 21.3. The van der Waals surface area contributed by atoms with Gasteiger partial charge in [0, 0.05) is 39.3 Å². The minimum atomic E-state index is -0.459. The lowest BCUT2D eigenvalue weighted by atomic mass is 10.2. The molecular weight excluding hydrogens is 494 g/mol. The zero-order chi connectivity index (χ0) is 27.7. The Morgan fingerprint density at radius 2 is 1.13 bits per heavy atom. The molecule has 0 unspecified atom stereocenters. The van der Waals surface area contributed by atoms with Crippen molar-refractivity contribution in [3.8, 4) is 12.3 Å². The Hall–Kier alpha value is -1.49. The fourth-order valence-electron chi connectivity index (χ4n) is 3.47. The van der Waals surface area contributed by atoms with E-state index in [1.807, 2.05) is 20.8 Å². The first kappa shape index (κ1) is 34.5. The first-order valence-corrected chi connectivity index (χ1v) is 13.7. The number of carbonyl (C=O) groups excluding carboxylic acids is 1. The Morgan fingerprint density at radius 1 is 0.711 bits per heavy atom. The van der Waals surface area contributed by atoms with Gasteiger partial charge < -0.3 is 43.4 Å². The largest absolute Gasteiger partial charge is 0.444 e. The van der Waals surface area contributed by atoms with Gasteiger partial charge >= 0.3 is 6.09 Å². The number of piperazine rings is 1. The van der Waals surface area contributed by atoms with Gasteiger partial charge in [-0.3, -0.25) is 4.90 Å². The Labute approximate surface area is 229 Å². The van der Waals surface area contributed by atoms with Crippen molar-refractivity contribution in [2.24, 2.45) is 0 Å². The molecule has 1 N–H and O–H groups in total. The molecule has 0 saturated carbocycles. The summed E-state index contributed by atoms with van der Waals surface area (Å²) in [5.41, 5.74) is -0.459. The van der Waals surface area contributed by atoms with Gasteiger partial charge in [-0.1, -0.05) is 5.92 Å². The maximum Gasteiger partial charge on any atom is 0.407 e. The quantitative estimate of drug-likeness (QED) is 0.149. The normalized spacial score (nSPS) is 14.9. The number of alkyl carbamates (subject to hydrolysis) is 1. The van der Waals surface area contributed by atoms with Crippen molar-refractivity contribution in [1.29, 1.82) is 0 Å². The van der Waals surface area contributed by atoms with Gasteiger partial charge in [0.05, 0.1) is 72.7 Å². The zero-order valence-corrected chi connectivity index (χ0v) is 23.9. The molecule has 1 saturated heterocycles. The maximum absolute atomic E-state index is 11.7. The van der Waals surface area contributed by atoms with Crippen LogP contribution in [-0.2, 0) is 33.2 Å². The monoisotopic (exact) mass is 545 g/mol. The number of hydrogen-bond donors (Lipinski definition) is 1. The van der Waals surface area contributed by atoms with Gasteiger partial charge in [0.25, 0.3) is 0 Å². The number of amides is 1. The molecule has 0 aromatic rings. The second-order valence-electron chi connectivity index (χ2n) is 9.78. The summed E-state index contributed by atoms with van der Waals surface area (Å²) in [4.78, 5) is 16.5. The van der Waals surface area contributed by atoms with Crippen LogP contribution in [0.15, 0.2) is 0 Å². The van der Waals surface area contributed by atoms with E-state index in [0.717, 1.165) is 45.7 Å². The SMILES string of the molecule is C#CCOCCOCCOCCOCCOCCOCCN1CCN(CCCNC(=O)OC(C)(C)C)CC1. The van der Waals surface area contributed by atoms with Gasteiger partial charge in [-0.25, -0.2) is 4.79 Å². The summed E-state index contributed by atoms with van der Waals surface area (Å²) in [5, 5.41) is 2.82. The van der Waals surface area contributed by atoms with Crippen LogP contribution in [0, 0.1) is 12.3 Å². The third-order valence-corrected chi connectivity index (χ3v) is 5.38. The predicted octanol–water partition coefficient (Wildman–Crippen LogP) is 1.25. The average Bonchev–Trinajstić information content (AvgIpc) is 2.88. The molecule has 0 aromatic carbocycles. The molecule has 11 heteroatoms. The Bertz CT molecular complexity index is 604. The van der Waals surface area contributed by atoms with Crippen LogP contribution in [-0.4, -0.2) is 147 Å². The second kappa shape index (κ2) is 23.4. The van der Waals surface area contributed by atoms with Crippen molar-refractivity contribution in [1.82, 2.24) is 15.1 Å². The number of ether oxygens (including phenoxy) is 7. The van der Waals surface area contributed by atoms with E-state index in [2.05, 4.69) is 21.0 Å². The molecule has 0 aliphatic carbocycles. The fraction of sp³-hybridized carbons (Fsp3) is 0.889. The highest BCUT2D eigenvalue weighted by Gasteiger charge is 2.17. The minimum absolute atomic E-state index is 0.313. The number of nitrogens with one attached hydrogen (secondary N) is 1. The topological polar surface area (TPSA) is 100 Å². The van der Waals surface area contributed by atoms with Crippen LogP contribution < -0.4 is 5.32 Å². The average molecular weight is 546 g/mol. The highest BCUT2D eigenvalue weighted by atomic mass is 16.6. The molecule has 1 aliphatic heterocycles. The molecule has 1 aliphatic rings. The molecule has 38 heavy (non-hydrogen) atoms. The van der Waals surface area contributed by atoms with E-state index in [0.29, 0.717) is 85.8 Å². The van der Waals surface area contributed by atoms with Crippen molar-refractivity contribution in [3.63, 3.8) is 0 Å². The molecule has 0 bridgehead atoms. The third kappa shape index (κ3) is 22.5. The molecule has 0 spiro atoms. The number of rotatable bonds is 23. The van der Waals surface area contributed by atoms with Crippen molar-refractivity contribution in [3.05, 3.63) is 0 Å². The van der Waals surface area contributed by atoms with Crippen molar-refractivity contribution >= 4 is 6.09 Å². The molecule has 222 valence electrons. The second-order valence-corrected chi connectivity index (χ2v) is 9.78. The van der Waals surface area contributed by atoms with E-state index in [4.69, 9.17) is 39.6 Å². The number of carbonyl (C=O) groups is 1. The summed E-state index contributed by atoms with van der Waals surface area (Å²) in [6, 6.07) is 0. The zero-order valence-electron chi connectivity index (χ0n) is 23.9. The predicted molar refractivity (Wildman–Crippen MR) is 145 cm³/mol. The maximum atomic E-state index is 11.7. The van der Waals surface area contributed by atoms with Crippen LogP contribution in [0.1, 0.15) is 27.2 Å². The molecule has 1 amide bonds. The molecule has 11 nitrogen and oxygen atoms in total. The highest BCUT2D eigenvalue weighted by Crippen LogP contribution is 2.06. The number of nitrogens with zero attached hydrogens (tertiary/aromatic N) is 2. The number of hydrogen-bond acceptors (Lipinski definition) is 10. The van der Waals surface area contributed by atoms with Crippen LogP contribution in [0.3, 0.4) is 0 Å². The molecule has 1 fully saturated rings. The van der Waals surface area contributed by atoms with Gasteiger partial charge in [-0.2, -0.15) is 0 Å². The molecule has 1 rings (SSSR count). The fourth-order valence-corrected chi connectivity index (χ4v) is 3.47. The van der Waals surface area contributed by atoms with Crippen LogP contribution in [0.4, 0.5) is 4.79 Å². The van der Waals surface area contributed by atoms with E-state index < -0.39 is 5.60 Å². The van der Waals surface area contributed by atoms with Gasteiger partial charge in [0.1, 0.15) is 12.2 Å². The summed E-state index contributed by atoms with van der Waals surface area (Å²) in [5.74, 6) is 2.40. The Morgan fingerprint density at radius 3 is 1.58 bits per heavy atom. The van der Waals surface area contributed by atoms with Gasteiger partial charge in [0.15, 0.2) is 0 Å². The first-order chi connectivity index (χ1) is 18.4.